The van der Waals surface area contributed by atoms with Gasteiger partial charge in [0.25, 0.3) is 0 Å². The summed E-state index contributed by atoms with van der Waals surface area (Å²) in [6.45, 7) is 4.74. The first-order valence-electron chi connectivity index (χ1n) is 5.97. The highest BCUT2D eigenvalue weighted by Gasteiger charge is 2.11. The highest BCUT2D eigenvalue weighted by molar-refractivity contribution is 5.71. The van der Waals surface area contributed by atoms with Gasteiger partial charge in [0.1, 0.15) is 5.82 Å². The molecular weight excluding hydrogens is 231 g/mol. The average Bonchev–Trinajstić information content (AvgIpc) is 2.60. The fourth-order valence-electron chi connectivity index (χ4n) is 1.77. The zero-order valence-electron chi connectivity index (χ0n) is 10.6. The Morgan fingerprint density at radius 3 is 2.61 bits per heavy atom. The van der Waals surface area contributed by atoms with Crippen LogP contribution in [0.4, 0.5) is 21.6 Å². The maximum atomic E-state index is 12.8. The highest BCUT2D eigenvalue weighted by atomic mass is 19.1. The summed E-state index contributed by atoms with van der Waals surface area (Å²) in [5, 5.41) is 7.55. The van der Waals surface area contributed by atoms with E-state index in [1.807, 2.05) is 11.6 Å². The number of hydrogen-bond donors (Lipinski definition) is 2. The quantitative estimate of drug-likeness (QED) is 0.874. The van der Waals surface area contributed by atoms with Gasteiger partial charge in [0.05, 0.1) is 11.4 Å². The Bertz CT molecular complexity index is 531. The normalized spacial score (nSPS) is 10.6. The molecule has 0 spiro atoms. The molecule has 2 aromatic rings. The molecular formula is C13H17FN4. The molecule has 0 unspecified atom stereocenters. The summed E-state index contributed by atoms with van der Waals surface area (Å²) in [4.78, 5) is 0. The van der Waals surface area contributed by atoms with Crippen LogP contribution in [0.15, 0.2) is 24.3 Å². The SMILES string of the molecule is CCCn1nc(C)c(N)c1Nc1ccc(F)cc1. The topological polar surface area (TPSA) is 55.9 Å². The van der Waals surface area contributed by atoms with Gasteiger partial charge in [-0.3, -0.25) is 0 Å². The Morgan fingerprint density at radius 2 is 2.00 bits per heavy atom. The van der Waals surface area contributed by atoms with E-state index in [0.717, 1.165) is 30.2 Å². The molecule has 5 heteroatoms. The highest BCUT2D eigenvalue weighted by Crippen LogP contribution is 2.26. The summed E-state index contributed by atoms with van der Waals surface area (Å²) < 4.78 is 14.7. The monoisotopic (exact) mass is 248 g/mol. The van der Waals surface area contributed by atoms with Crippen molar-refractivity contribution in [2.24, 2.45) is 0 Å². The van der Waals surface area contributed by atoms with Crippen molar-refractivity contribution < 1.29 is 4.39 Å². The summed E-state index contributed by atoms with van der Waals surface area (Å²) in [7, 11) is 0. The van der Waals surface area contributed by atoms with Gasteiger partial charge in [-0.15, -0.1) is 0 Å². The molecule has 4 nitrogen and oxygen atoms in total. The van der Waals surface area contributed by atoms with Gasteiger partial charge in [0, 0.05) is 12.2 Å². The zero-order valence-corrected chi connectivity index (χ0v) is 10.6. The Morgan fingerprint density at radius 1 is 1.33 bits per heavy atom. The predicted octanol–water partition coefficient (Wildman–Crippen LogP) is 3.07. The first kappa shape index (κ1) is 12.4. The van der Waals surface area contributed by atoms with Gasteiger partial charge in [-0.05, 0) is 37.6 Å². The van der Waals surface area contributed by atoms with Crippen LogP contribution in [-0.2, 0) is 6.54 Å². The molecule has 3 N–H and O–H groups in total. The van der Waals surface area contributed by atoms with E-state index in [-0.39, 0.29) is 5.82 Å². The van der Waals surface area contributed by atoms with Crippen molar-refractivity contribution in [2.45, 2.75) is 26.8 Å². The Labute approximate surface area is 106 Å². The third-order valence-corrected chi connectivity index (χ3v) is 2.72. The molecule has 0 aliphatic rings. The van der Waals surface area contributed by atoms with E-state index >= 15 is 0 Å². The van der Waals surface area contributed by atoms with Crippen LogP contribution < -0.4 is 11.1 Å². The molecule has 18 heavy (non-hydrogen) atoms. The van der Waals surface area contributed by atoms with Gasteiger partial charge in [-0.25, -0.2) is 9.07 Å². The number of hydrogen-bond acceptors (Lipinski definition) is 3. The van der Waals surface area contributed by atoms with Crippen molar-refractivity contribution in [1.29, 1.82) is 0 Å². The lowest BCUT2D eigenvalue weighted by Crippen LogP contribution is -2.05. The molecule has 0 fully saturated rings. The Kier molecular flexibility index (Phi) is 3.50. The van der Waals surface area contributed by atoms with Gasteiger partial charge in [-0.2, -0.15) is 5.10 Å². The van der Waals surface area contributed by atoms with E-state index in [0.29, 0.717) is 5.69 Å². The van der Waals surface area contributed by atoms with E-state index in [9.17, 15) is 4.39 Å². The number of nitrogens with two attached hydrogens (primary N) is 1. The van der Waals surface area contributed by atoms with E-state index in [2.05, 4.69) is 17.3 Å². The minimum Gasteiger partial charge on any atom is -0.394 e. The van der Waals surface area contributed by atoms with E-state index < -0.39 is 0 Å². The number of anilines is 3. The van der Waals surface area contributed by atoms with Gasteiger partial charge >= 0.3 is 0 Å². The number of nitrogen functional groups attached to an aromatic ring is 1. The lowest BCUT2D eigenvalue weighted by Gasteiger charge is -2.10. The smallest absolute Gasteiger partial charge is 0.152 e. The van der Waals surface area contributed by atoms with Gasteiger partial charge in [0.2, 0.25) is 0 Å². The molecule has 96 valence electrons. The van der Waals surface area contributed by atoms with Crippen molar-refractivity contribution in [3.8, 4) is 0 Å². The third kappa shape index (κ3) is 2.45. The summed E-state index contributed by atoms with van der Waals surface area (Å²) >= 11 is 0. The van der Waals surface area contributed by atoms with Crippen LogP contribution in [0.5, 0.6) is 0 Å². The van der Waals surface area contributed by atoms with Crippen LogP contribution in [0.3, 0.4) is 0 Å². The van der Waals surface area contributed by atoms with Crippen LogP contribution in [0.1, 0.15) is 19.0 Å². The number of halogens is 1. The van der Waals surface area contributed by atoms with Crippen LogP contribution in [0, 0.1) is 12.7 Å². The number of rotatable bonds is 4. The molecule has 0 radical (unpaired) electrons. The molecule has 1 aromatic carbocycles. The molecule has 0 bridgehead atoms. The van der Waals surface area contributed by atoms with Crippen molar-refractivity contribution >= 4 is 17.2 Å². The van der Waals surface area contributed by atoms with Crippen molar-refractivity contribution in [1.82, 2.24) is 9.78 Å². The predicted molar refractivity (Wildman–Crippen MR) is 71.4 cm³/mol. The molecule has 1 heterocycles. The first-order chi connectivity index (χ1) is 8.61. The molecule has 0 amide bonds. The van der Waals surface area contributed by atoms with Crippen LogP contribution in [-0.4, -0.2) is 9.78 Å². The zero-order chi connectivity index (χ0) is 13.1. The van der Waals surface area contributed by atoms with Crippen molar-refractivity contribution in [3.05, 3.63) is 35.8 Å². The number of benzene rings is 1. The average molecular weight is 248 g/mol. The van der Waals surface area contributed by atoms with Gasteiger partial charge < -0.3 is 11.1 Å². The molecule has 2 rings (SSSR count). The largest absolute Gasteiger partial charge is 0.394 e. The standard InChI is InChI=1S/C13H17FN4/c1-3-8-18-13(12(15)9(2)17-18)16-11-6-4-10(14)5-7-11/h4-7,16H,3,8,15H2,1-2H3. The summed E-state index contributed by atoms with van der Waals surface area (Å²) in [5.74, 6) is 0.507. The first-order valence-corrected chi connectivity index (χ1v) is 5.97. The second kappa shape index (κ2) is 5.08. The molecule has 0 aliphatic carbocycles. The number of aromatic nitrogens is 2. The summed E-state index contributed by atoms with van der Waals surface area (Å²) in [5.41, 5.74) is 8.21. The molecule has 0 atom stereocenters. The molecule has 0 saturated carbocycles. The van der Waals surface area contributed by atoms with Crippen molar-refractivity contribution in [3.63, 3.8) is 0 Å². The lowest BCUT2D eigenvalue weighted by molar-refractivity contribution is 0.605. The van der Waals surface area contributed by atoms with Crippen molar-refractivity contribution in [2.75, 3.05) is 11.1 Å². The van der Waals surface area contributed by atoms with Crippen LogP contribution >= 0.6 is 0 Å². The minimum absolute atomic E-state index is 0.258. The van der Waals surface area contributed by atoms with E-state index in [1.165, 1.54) is 12.1 Å². The minimum atomic E-state index is -0.258. The maximum absolute atomic E-state index is 12.8. The molecule has 0 saturated heterocycles. The summed E-state index contributed by atoms with van der Waals surface area (Å²) in [6, 6.07) is 6.17. The Hall–Kier alpha value is -2.04. The molecule has 0 aliphatic heterocycles. The van der Waals surface area contributed by atoms with E-state index in [4.69, 9.17) is 5.73 Å². The van der Waals surface area contributed by atoms with Gasteiger partial charge in [-0.1, -0.05) is 6.92 Å². The third-order valence-electron chi connectivity index (χ3n) is 2.72. The second-order valence-corrected chi connectivity index (χ2v) is 4.20. The fraction of sp³-hybridized carbons (Fsp3) is 0.308. The maximum Gasteiger partial charge on any atom is 0.152 e. The lowest BCUT2D eigenvalue weighted by atomic mass is 10.3. The Balaban J connectivity index is 2.30. The van der Waals surface area contributed by atoms with Crippen LogP contribution in [0.2, 0.25) is 0 Å². The fourth-order valence-corrected chi connectivity index (χ4v) is 1.77. The second-order valence-electron chi connectivity index (χ2n) is 4.20. The number of nitrogens with one attached hydrogen (secondary N) is 1. The number of aryl methyl sites for hydroxylation is 2. The molecule has 1 aromatic heterocycles. The van der Waals surface area contributed by atoms with Crippen LogP contribution in [0.25, 0.3) is 0 Å². The van der Waals surface area contributed by atoms with E-state index in [1.54, 1.807) is 12.1 Å². The number of nitrogens with zero attached hydrogens (tertiary/aromatic N) is 2. The van der Waals surface area contributed by atoms with Gasteiger partial charge in [0.15, 0.2) is 5.82 Å². The summed E-state index contributed by atoms with van der Waals surface area (Å²) in [6.07, 6.45) is 0.971.